The number of Topliss-reactive ketones (excluding diaryl/α,β-unsaturated/α-hetero) is 1. The van der Waals surface area contributed by atoms with Gasteiger partial charge in [-0.25, -0.2) is 18.7 Å². The molecule has 21 nitrogen and oxygen atoms in total. The molecule has 28 heteroatoms. The van der Waals surface area contributed by atoms with Crippen LogP contribution in [0.1, 0.15) is 94.3 Å². The van der Waals surface area contributed by atoms with Crippen LogP contribution in [0.15, 0.2) is 11.2 Å². The van der Waals surface area contributed by atoms with Crippen molar-refractivity contribution in [1.82, 2.24) is 9.88 Å². The standard InChI is InChI=1S/C32H51N4O17P3S4/c1-22(37)48-15-12-32(2,3)59-58-20-47-14-8-6-5-7-11-28(39)34-13-9-10-23-18-36(31-30(23)24(38)16-27(33)35-31)29-17-25(49-21-60(4)57)26(51-29)19-50-55(43,44)53-56(45,46)52-54(40,41)42/h18,25-26,29H,5-8,11-17,19-21H2,1-4H3,(H2,33,35)(H,34,39)(H,43,44)(H,45,46)(H2,40,41,42)/t25-,26-,29-,60?/m1/s1. The minimum atomic E-state index is -5.76. The van der Waals surface area contributed by atoms with Gasteiger partial charge in [0.2, 0.25) is 5.91 Å². The van der Waals surface area contributed by atoms with E-state index in [4.69, 9.17) is 50.2 Å². The van der Waals surface area contributed by atoms with Crippen LogP contribution in [0.3, 0.4) is 0 Å². The summed E-state index contributed by atoms with van der Waals surface area (Å²) in [5.41, 5.74) is 6.41. The third-order valence-corrected chi connectivity index (χ3v) is 15.7. The van der Waals surface area contributed by atoms with Crippen LogP contribution >= 0.6 is 45.1 Å². The first kappa shape index (κ1) is 52.8. The molecule has 1 aromatic rings. The molecular formula is C32H51N4O17P3S4. The molecule has 7 N–H and O–H groups in total. The van der Waals surface area contributed by atoms with Gasteiger partial charge in [-0.05, 0) is 50.6 Å². The molecule has 3 heterocycles. The Morgan fingerprint density at radius 2 is 1.85 bits per heavy atom. The van der Waals surface area contributed by atoms with Crippen molar-refractivity contribution in [3.05, 3.63) is 17.3 Å². The molecule has 0 spiro atoms. The fourth-order valence-corrected chi connectivity index (χ4v) is 11.3. The lowest BCUT2D eigenvalue weighted by atomic mass is 10.0. The van der Waals surface area contributed by atoms with Crippen LogP contribution in [-0.2, 0) is 76.0 Å². The second-order valence-electron chi connectivity index (χ2n) is 13.8. The van der Waals surface area contributed by atoms with E-state index < -0.39 is 58.0 Å². The summed E-state index contributed by atoms with van der Waals surface area (Å²) in [4.78, 5) is 78.0. The van der Waals surface area contributed by atoms with Gasteiger partial charge in [0.05, 0.1) is 49.3 Å². The number of amides is 1. The average Bonchev–Trinajstić information content (AvgIpc) is 3.68. The zero-order valence-electron chi connectivity index (χ0n) is 33.3. The van der Waals surface area contributed by atoms with Crippen LogP contribution in [0.25, 0.3) is 0 Å². The highest BCUT2D eigenvalue weighted by Crippen LogP contribution is 2.66. The summed E-state index contributed by atoms with van der Waals surface area (Å²) in [6.07, 6.45) is 4.56. The van der Waals surface area contributed by atoms with Gasteiger partial charge >= 0.3 is 29.4 Å². The van der Waals surface area contributed by atoms with E-state index in [1.807, 2.05) is 0 Å². The minimum Gasteiger partial charge on any atom is -0.466 e. The molecule has 3 rings (SSSR count). The highest BCUT2D eigenvalue weighted by atomic mass is 33.1. The lowest BCUT2D eigenvalue weighted by Gasteiger charge is -2.22. The van der Waals surface area contributed by atoms with E-state index in [1.54, 1.807) is 27.8 Å². The SMILES string of the molecule is CC(=O)OCCC(C)(C)SSCOCCCCCCC(=O)NCC#Cc1cn([C@H]2C[C@@H](OCS(C)=S)[C@@H](COP(=O)(O)OP(=O)(O)OP(=O)(O)O)O2)c2c1C(=O)CC(N)=N2. The summed E-state index contributed by atoms with van der Waals surface area (Å²) in [5, 5.41) is 2.75. The van der Waals surface area contributed by atoms with Crippen LogP contribution in [-0.4, -0.2) is 109 Å². The number of unbranched alkanes of at least 4 members (excludes halogenated alkanes) is 3. The molecule has 1 aromatic heterocycles. The second-order valence-corrected chi connectivity index (χ2v) is 24.3. The van der Waals surface area contributed by atoms with E-state index in [0.29, 0.717) is 32.0 Å². The molecular weight excluding hydrogens is 934 g/mol. The number of nitrogens with zero attached hydrogens (tertiary/aromatic N) is 2. The summed E-state index contributed by atoms with van der Waals surface area (Å²) in [7, 11) is -14.2. The number of rotatable bonds is 26. The first-order valence-corrected chi connectivity index (χ1v) is 27.8. The Morgan fingerprint density at radius 3 is 2.53 bits per heavy atom. The number of aromatic nitrogens is 1. The number of phosphoric acid groups is 3. The fourth-order valence-electron chi connectivity index (χ4n) is 5.47. The van der Waals surface area contributed by atoms with Gasteiger partial charge in [0.15, 0.2) is 5.78 Å². The predicted octanol–water partition coefficient (Wildman–Crippen LogP) is 4.25. The number of ether oxygens (including phenoxy) is 4. The van der Waals surface area contributed by atoms with E-state index in [2.05, 4.69) is 44.6 Å². The number of esters is 1. The van der Waals surface area contributed by atoms with Crippen molar-refractivity contribution in [2.24, 2.45) is 10.7 Å². The van der Waals surface area contributed by atoms with Gasteiger partial charge in [-0.2, -0.15) is 8.62 Å². The lowest BCUT2D eigenvalue weighted by Crippen LogP contribution is -2.29. The van der Waals surface area contributed by atoms with E-state index >= 15 is 0 Å². The number of amidine groups is 1. The molecule has 0 saturated carbocycles. The van der Waals surface area contributed by atoms with Gasteiger partial charge in [0.25, 0.3) is 0 Å². The monoisotopic (exact) mass is 984 g/mol. The largest absolute Gasteiger partial charge is 0.490 e. The molecule has 2 aliphatic rings. The van der Waals surface area contributed by atoms with E-state index in [9.17, 15) is 37.9 Å². The first-order chi connectivity index (χ1) is 28.0. The molecule has 1 amide bonds. The smallest absolute Gasteiger partial charge is 0.466 e. The highest BCUT2D eigenvalue weighted by Gasteiger charge is 2.44. The van der Waals surface area contributed by atoms with Crippen molar-refractivity contribution in [2.75, 3.05) is 44.5 Å². The summed E-state index contributed by atoms with van der Waals surface area (Å²) in [6.45, 7) is 5.78. The summed E-state index contributed by atoms with van der Waals surface area (Å²) < 4.78 is 71.6. The number of fused-ring (bicyclic) bond motifs is 1. The van der Waals surface area contributed by atoms with Gasteiger partial charge in [0.1, 0.15) is 29.9 Å². The molecule has 1 fully saturated rings. The molecule has 1 saturated heterocycles. The lowest BCUT2D eigenvalue weighted by molar-refractivity contribution is -0.141. The quantitative estimate of drug-likeness (QED) is 0.0189. The maximum absolute atomic E-state index is 13.1. The molecule has 0 aromatic carbocycles. The number of phosphoric ester groups is 1. The third kappa shape index (κ3) is 19.9. The first-order valence-electron chi connectivity index (χ1n) is 18.2. The summed E-state index contributed by atoms with van der Waals surface area (Å²) >= 11 is 5.21. The number of ketones is 1. The third-order valence-electron chi connectivity index (χ3n) is 8.10. The fraction of sp³-hybridized carbons (Fsp3) is 0.688. The Morgan fingerprint density at radius 1 is 1.13 bits per heavy atom. The number of carbonyl (C=O) groups excluding carboxylic acids is 3. The molecule has 6 atom stereocenters. The van der Waals surface area contributed by atoms with Gasteiger partial charge in [-0.15, -0.1) is 0 Å². The molecule has 0 aliphatic carbocycles. The van der Waals surface area contributed by atoms with Crippen LogP contribution in [0.2, 0.25) is 0 Å². The number of nitrogens with one attached hydrogen (secondary N) is 1. The Kier molecular flexibility index (Phi) is 21.6. The molecule has 3 unspecified atom stereocenters. The number of hydrogen-bond acceptors (Lipinski definition) is 18. The normalized spacial score (nSPS) is 20.6. The predicted molar refractivity (Wildman–Crippen MR) is 228 cm³/mol. The number of nitrogens with two attached hydrogens (primary N) is 1. The molecule has 60 heavy (non-hydrogen) atoms. The van der Waals surface area contributed by atoms with Gasteiger partial charge in [-0.3, -0.25) is 18.9 Å². The highest BCUT2D eigenvalue weighted by molar-refractivity contribution is 8.77. The van der Waals surface area contributed by atoms with Gasteiger partial charge < -0.3 is 54.1 Å². The average molecular weight is 985 g/mol. The van der Waals surface area contributed by atoms with Crippen LogP contribution in [0.5, 0.6) is 0 Å². The topological polar surface area (TPSA) is 303 Å². The van der Waals surface area contributed by atoms with Crippen molar-refractivity contribution in [1.29, 1.82) is 0 Å². The van der Waals surface area contributed by atoms with Crippen molar-refractivity contribution in [3.63, 3.8) is 0 Å². The van der Waals surface area contributed by atoms with E-state index in [0.717, 1.165) is 25.7 Å². The van der Waals surface area contributed by atoms with Crippen LogP contribution in [0.4, 0.5) is 5.82 Å². The summed E-state index contributed by atoms with van der Waals surface area (Å²) in [6, 6.07) is 0. The molecule has 0 bridgehead atoms. The Hall–Kier alpha value is -1.52. The maximum atomic E-state index is 13.1. The molecule has 340 valence electrons. The van der Waals surface area contributed by atoms with Crippen LogP contribution in [0, 0.1) is 11.8 Å². The van der Waals surface area contributed by atoms with Crippen molar-refractivity contribution >= 4 is 95.0 Å². The van der Waals surface area contributed by atoms with E-state index in [1.165, 1.54) is 17.7 Å². The number of aliphatic imine (C=N–C) groups is 1. The van der Waals surface area contributed by atoms with Crippen molar-refractivity contribution in [3.8, 4) is 11.8 Å². The minimum absolute atomic E-state index is 0.00101. The van der Waals surface area contributed by atoms with Crippen molar-refractivity contribution < 1.29 is 79.7 Å². The number of carbonyl (C=O) groups is 3. The zero-order valence-corrected chi connectivity index (χ0v) is 39.2. The zero-order chi connectivity index (χ0) is 44.7. The van der Waals surface area contributed by atoms with Gasteiger partial charge in [0, 0.05) is 37.3 Å². The Balaban J connectivity index is 1.52. The van der Waals surface area contributed by atoms with E-state index in [-0.39, 0.29) is 70.5 Å². The molecule has 0 radical (unpaired) electrons. The Bertz CT molecular complexity index is 1940. The second kappa shape index (κ2) is 24.5. The van der Waals surface area contributed by atoms with Gasteiger partial charge in [-0.1, -0.05) is 55.7 Å². The summed E-state index contributed by atoms with van der Waals surface area (Å²) in [5.74, 6) is 5.73. The molecule has 2 aliphatic heterocycles. The number of hydrogen-bond donors (Lipinski definition) is 6. The van der Waals surface area contributed by atoms with Crippen molar-refractivity contribution in [2.45, 2.75) is 95.3 Å². The maximum Gasteiger partial charge on any atom is 0.490 e. The van der Waals surface area contributed by atoms with Crippen LogP contribution < -0.4 is 11.1 Å². The Labute approximate surface area is 362 Å².